The van der Waals surface area contributed by atoms with Gasteiger partial charge >= 0.3 is 0 Å². The van der Waals surface area contributed by atoms with Gasteiger partial charge in [0.25, 0.3) is 0 Å². The van der Waals surface area contributed by atoms with Gasteiger partial charge in [-0.2, -0.15) is 0 Å². The van der Waals surface area contributed by atoms with Crippen LogP contribution >= 0.6 is 0 Å². The lowest BCUT2D eigenvalue weighted by molar-refractivity contribution is -0.144. The van der Waals surface area contributed by atoms with Gasteiger partial charge in [0.2, 0.25) is 5.91 Å². The molecule has 4 heteroatoms. The lowest BCUT2D eigenvalue weighted by Gasteiger charge is -2.37. The third-order valence-corrected chi connectivity index (χ3v) is 3.79. The van der Waals surface area contributed by atoms with Gasteiger partial charge in [-0.05, 0) is 45.7 Å². The maximum Gasteiger partial charge on any atom is 0.223 e. The third-order valence-electron chi connectivity index (χ3n) is 3.79. The second kappa shape index (κ2) is 5.83. The fourth-order valence-corrected chi connectivity index (χ4v) is 2.71. The van der Waals surface area contributed by atoms with Crippen LogP contribution in [-0.2, 0) is 9.53 Å². The van der Waals surface area contributed by atoms with Gasteiger partial charge in [-0.3, -0.25) is 4.79 Å². The Labute approximate surface area is 104 Å². The number of carbonyl (C=O) groups excluding carboxylic acids is 1. The summed E-state index contributed by atoms with van der Waals surface area (Å²) in [6, 6.07) is 0.232. The van der Waals surface area contributed by atoms with Gasteiger partial charge < -0.3 is 15.0 Å². The minimum atomic E-state index is 0.180. The average molecular weight is 240 g/mol. The summed E-state index contributed by atoms with van der Waals surface area (Å²) in [6.07, 6.45) is 3.27. The minimum Gasteiger partial charge on any atom is -0.375 e. The molecule has 1 N–H and O–H groups in total. The number of hydrogen-bond acceptors (Lipinski definition) is 3. The molecule has 2 rings (SSSR count). The molecule has 2 aliphatic heterocycles. The van der Waals surface area contributed by atoms with E-state index in [9.17, 15) is 4.79 Å². The van der Waals surface area contributed by atoms with Gasteiger partial charge in [0, 0.05) is 13.0 Å². The Kier molecular flexibility index (Phi) is 4.40. The maximum atomic E-state index is 12.3. The van der Waals surface area contributed by atoms with Crippen molar-refractivity contribution in [1.29, 1.82) is 0 Å². The zero-order chi connectivity index (χ0) is 12.3. The highest BCUT2D eigenvalue weighted by atomic mass is 16.5. The summed E-state index contributed by atoms with van der Waals surface area (Å²) < 4.78 is 5.55. The van der Waals surface area contributed by atoms with Crippen LogP contribution in [0.25, 0.3) is 0 Å². The molecule has 0 spiro atoms. The van der Waals surface area contributed by atoms with E-state index in [1.54, 1.807) is 0 Å². The Morgan fingerprint density at radius 1 is 1.47 bits per heavy atom. The zero-order valence-corrected chi connectivity index (χ0v) is 10.9. The summed E-state index contributed by atoms with van der Waals surface area (Å²) in [5, 5.41) is 3.37. The molecule has 3 unspecified atom stereocenters. The predicted molar refractivity (Wildman–Crippen MR) is 66.8 cm³/mol. The molecule has 17 heavy (non-hydrogen) atoms. The van der Waals surface area contributed by atoms with E-state index < -0.39 is 0 Å². The van der Waals surface area contributed by atoms with Gasteiger partial charge in [-0.25, -0.2) is 0 Å². The van der Waals surface area contributed by atoms with E-state index in [1.165, 1.54) is 12.8 Å². The van der Waals surface area contributed by atoms with Gasteiger partial charge in [0.15, 0.2) is 0 Å². The predicted octanol–water partition coefficient (Wildman–Crippen LogP) is 1.01. The van der Waals surface area contributed by atoms with Gasteiger partial charge in [-0.15, -0.1) is 0 Å². The summed E-state index contributed by atoms with van der Waals surface area (Å²) in [5.41, 5.74) is 0. The number of hydrogen-bond donors (Lipinski definition) is 1. The first-order valence-corrected chi connectivity index (χ1v) is 6.78. The number of amides is 1. The molecule has 0 saturated carbocycles. The smallest absolute Gasteiger partial charge is 0.223 e. The van der Waals surface area contributed by atoms with Crippen molar-refractivity contribution >= 4 is 5.91 Å². The van der Waals surface area contributed by atoms with Crippen LogP contribution in [0.15, 0.2) is 0 Å². The van der Waals surface area contributed by atoms with Gasteiger partial charge in [0.05, 0.1) is 18.8 Å². The molecule has 0 aromatic carbocycles. The van der Waals surface area contributed by atoms with Crippen LogP contribution in [-0.4, -0.2) is 49.2 Å². The second-order valence-corrected chi connectivity index (χ2v) is 5.46. The van der Waals surface area contributed by atoms with Crippen molar-refractivity contribution in [1.82, 2.24) is 10.2 Å². The normalized spacial score (nSPS) is 34.7. The number of morpholine rings is 1. The Balaban J connectivity index is 1.85. The van der Waals surface area contributed by atoms with E-state index in [1.807, 2.05) is 11.8 Å². The fourth-order valence-electron chi connectivity index (χ4n) is 2.71. The van der Waals surface area contributed by atoms with Gasteiger partial charge in [0.1, 0.15) is 0 Å². The fraction of sp³-hybridized carbons (Fsp3) is 0.923. The van der Waals surface area contributed by atoms with Crippen molar-refractivity contribution in [3.63, 3.8) is 0 Å². The summed E-state index contributed by atoms with van der Waals surface area (Å²) >= 11 is 0. The van der Waals surface area contributed by atoms with Crippen LogP contribution < -0.4 is 5.32 Å². The van der Waals surface area contributed by atoms with Crippen LogP contribution in [0.3, 0.4) is 0 Å². The highest BCUT2D eigenvalue weighted by Gasteiger charge is 2.29. The lowest BCUT2D eigenvalue weighted by atomic mass is 9.95. The third kappa shape index (κ3) is 3.42. The highest BCUT2D eigenvalue weighted by molar-refractivity contribution is 5.77. The van der Waals surface area contributed by atoms with E-state index in [0.717, 1.165) is 19.6 Å². The van der Waals surface area contributed by atoms with Crippen LogP contribution in [0.4, 0.5) is 0 Å². The van der Waals surface area contributed by atoms with Crippen LogP contribution in [0.5, 0.6) is 0 Å². The molecule has 0 aliphatic carbocycles. The van der Waals surface area contributed by atoms with Crippen molar-refractivity contribution in [2.45, 2.75) is 45.3 Å². The molecular weight excluding hydrogens is 216 g/mol. The number of nitrogens with one attached hydrogen (secondary N) is 1. The Morgan fingerprint density at radius 3 is 3.00 bits per heavy atom. The SMILES string of the molecule is CC1CN(C(=O)CC2CCCNC2)C(C)CO1. The van der Waals surface area contributed by atoms with Crippen LogP contribution in [0.1, 0.15) is 33.1 Å². The molecule has 0 aromatic rings. The monoisotopic (exact) mass is 240 g/mol. The standard InChI is InChI=1S/C13H24N2O2/c1-10-9-17-11(2)8-15(10)13(16)6-12-4-3-5-14-7-12/h10-12,14H,3-9H2,1-2H3. The molecule has 2 heterocycles. The van der Waals surface area contributed by atoms with Gasteiger partial charge in [-0.1, -0.05) is 0 Å². The number of piperidine rings is 1. The second-order valence-electron chi connectivity index (χ2n) is 5.46. The molecule has 1 amide bonds. The van der Waals surface area contributed by atoms with Crippen molar-refractivity contribution in [2.75, 3.05) is 26.2 Å². The first-order chi connectivity index (χ1) is 8.16. The van der Waals surface area contributed by atoms with Crippen molar-refractivity contribution < 1.29 is 9.53 Å². The highest BCUT2D eigenvalue weighted by Crippen LogP contribution is 2.19. The van der Waals surface area contributed by atoms with E-state index in [0.29, 0.717) is 24.9 Å². The molecule has 2 saturated heterocycles. The number of rotatable bonds is 2. The van der Waals surface area contributed by atoms with Crippen molar-refractivity contribution in [3.05, 3.63) is 0 Å². The molecule has 0 bridgehead atoms. The van der Waals surface area contributed by atoms with E-state index in [-0.39, 0.29) is 12.1 Å². The molecule has 3 atom stereocenters. The van der Waals surface area contributed by atoms with Crippen molar-refractivity contribution in [2.24, 2.45) is 5.92 Å². The molecule has 4 nitrogen and oxygen atoms in total. The first kappa shape index (κ1) is 12.8. The van der Waals surface area contributed by atoms with Crippen LogP contribution in [0, 0.1) is 5.92 Å². The average Bonchev–Trinajstić information content (AvgIpc) is 2.33. The quantitative estimate of drug-likeness (QED) is 0.783. The molecule has 0 radical (unpaired) electrons. The number of nitrogens with zero attached hydrogens (tertiary/aromatic N) is 1. The zero-order valence-electron chi connectivity index (χ0n) is 10.9. The summed E-state index contributed by atoms with van der Waals surface area (Å²) in [5.74, 6) is 0.836. The van der Waals surface area contributed by atoms with Crippen LogP contribution in [0.2, 0.25) is 0 Å². The summed E-state index contributed by atoms with van der Waals surface area (Å²) in [6.45, 7) is 7.64. The Bertz CT molecular complexity index is 264. The Hall–Kier alpha value is -0.610. The number of carbonyl (C=O) groups is 1. The minimum absolute atomic E-state index is 0.180. The maximum absolute atomic E-state index is 12.3. The summed E-state index contributed by atoms with van der Waals surface area (Å²) in [4.78, 5) is 14.3. The topological polar surface area (TPSA) is 41.6 Å². The Morgan fingerprint density at radius 2 is 2.29 bits per heavy atom. The molecule has 0 aromatic heterocycles. The molecule has 2 aliphatic rings. The molecule has 2 fully saturated rings. The largest absolute Gasteiger partial charge is 0.375 e. The van der Waals surface area contributed by atoms with Crippen molar-refractivity contribution in [3.8, 4) is 0 Å². The molecular formula is C13H24N2O2. The molecule has 98 valence electrons. The van der Waals surface area contributed by atoms with E-state index in [2.05, 4.69) is 12.2 Å². The first-order valence-electron chi connectivity index (χ1n) is 6.78. The lowest BCUT2D eigenvalue weighted by Crippen LogP contribution is -2.51. The number of ether oxygens (including phenoxy) is 1. The van der Waals surface area contributed by atoms with E-state index in [4.69, 9.17) is 4.74 Å². The van der Waals surface area contributed by atoms with E-state index >= 15 is 0 Å². The summed E-state index contributed by atoms with van der Waals surface area (Å²) in [7, 11) is 0.